The summed E-state index contributed by atoms with van der Waals surface area (Å²) in [5.74, 6) is -0.100. The van der Waals surface area contributed by atoms with Gasteiger partial charge in [-0.05, 0) is 13.8 Å². The zero-order valence-electron chi connectivity index (χ0n) is 15.6. The Labute approximate surface area is 152 Å². The lowest BCUT2D eigenvalue weighted by atomic mass is 10.3. The monoisotopic (exact) mass is 370 g/mol. The van der Waals surface area contributed by atoms with Crippen LogP contribution in [0.2, 0.25) is 0 Å². The number of H-pyrrole nitrogens is 1. The Morgan fingerprint density at radius 1 is 1.19 bits per heavy atom. The van der Waals surface area contributed by atoms with Crippen LogP contribution in [0.15, 0.2) is 6.20 Å². The smallest absolute Gasteiger partial charge is 0.306 e. The Balaban J connectivity index is 0. The molecule has 0 aromatic carbocycles. The molecule has 0 saturated carbocycles. The van der Waals surface area contributed by atoms with E-state index in [1.165, 1.54) is 14.0 Å². The number of carbonyl (C=O) groups excluding carboxylic acids is 5. The molecule has 0 fully saturated rings. The highest BCUT2D eigenvalue weighted by molar-refractivity contribution is 6.23. The summed E-state index contributed by atoms with van der Waals surface area (Å²) in [4.78, 5) is 56.5. The van der Waals surface area contributed by atoms with Gasteiger partial charge in [0, 0.05) is 31.7 Å². The normalized spacial score (nSPS) is 8.77. The number of hydrogen-bond acceptors (Lipinski definition) is 8. The molecule has 0 saturated heterocycles. The van der Waals surface area contributed by atoms with E-state index in [-0.39, 0.29) is 31.1 Å². The fraction of sp³-hybridized carbons (Fsp3) is 0.529. The summed E-state index contributed by atoms with van der Waals surface area (Å²) in [5.41, 5.74) is 1.01. The van der Waals surface area contributed by atoms with Gasteiger partial charge < -0.3 is 19.3 Å². The first-order chi connectivity index (χ1) is 12.3. The molecule has 0 atom stereocenters. The maximum absolute atomic E-state index is 10.7. The van der Waals surface area contributed by atoms with Crippen molar-refractivity contribution in [3.63, 3.8) is 0 Å². The Bertz CT molecular complexity index is 567. The number of hydrogen-bond donors (Lipinski definition) is 1. The predicted octanol–water partition coefficient (Wildman–Crippen LogP) is 1.13. The quantitative estimate of drug-likeness (QED) is 0.409. The van der Waals surface area contributed by atoms with Crippen molar-refractivity contribution in [2.45, 2.75) is 46.5 Å². The second-order valence-electron chi connectivity index (χ2n) is 4.83. The molecule has 1 aromatic heterocycles. The number of esters is 2. The summed E-state index contributed by atoms with van der Waals surface area (Å²) in [6.45, 7) is 5.26. The zero-order valence-corrected chi connectivity index (χ0v) is 15.6. The van der Waals surface area contributed by atoms with Crippen LogP contribution < -0.4 is 0 Å². The third kappa shape index (κ3) is 17.5. The average Bonchev–Trinajstić information content (AvgIpc) is 3.04. The van der Waals surface area contributed by atoms with Crippen molar-refractivity contribution < 1.29 is 33.4 Å². The number of Topliss-reactive ketones (excluding diaryl/α,β-unsaturated/α-hetero) is 1. The van der Waals surface area contributed by atoms with Crippen LogP contribution in [0.3, 0.4) is 0 Å². The molecule has 0 aliphatic heterocycles. The summed E-state index contributed by atoms with van der Waals surface area (Å²) >= 11 is 0. The number of aldehydes is 2. The SMILES string of the molecule is CC(=O)C=O.CCOC(=O)CCC=O.COC(=O)CCc1ncc(C)[nH]1. The molecular weight excluding hydrogens is 344 g/mol. The van der Waals surface area contributed by atoms with Gasteiger partial charge in [0.1, 0.15) is 12.1 Å². The first-order valence-corrected chi connectivity index (χ1v) is 7.92. The Hall–Kier alpha value is -2.84. The first-order valence-electron chi connectivity index (χ1n) is 7.92. The largest absolute Gasteiger partial charge is 0.469 e. The maximum atomic E-state index is 10.7. The zero-order chi connectivity index (χ0) is 20.4. The topological polar surface area (TPSA) is 132 Å². The minimum atomic E-state index is -0.426. The molecule has 0 bridgehead atoms. The lowest BCUT2D eigenvalue weighted by molar-refractivity contribution is -0.143. The van der Waals surface area contributed by atoms with E-state index in [0.29, 0.717) is 25.7 Å². The number of imidazole rings is 1. The van der Waals surface area contributed by atoms with E-state index < -0.39 is 5.78 Å². The van der Waals surface area contributed by atoms with Crippen LogP contribution in [0.5, 0.6) is 0 Å². The summed E-state index contributed by atoms with van der Waals surface area (Å²) in [6.07, 6.45) is 4.18. The van der Waals surface area contributed by atoms with Gasteiger partial charge >= 0.3 is 11.9 Å². The number of methoxy groups -OCH3 is 1. The summed E-state index contributed by atoms with van der Waals surface area (Å²) in [5, 5.41) is 0. The Morgan fingerprint density at radius 3 is 2.19 bits per heavy atom. The number of carbonyl (C=O) groups is 5. The van der Waals surface area contributed by atoms with Crippen LogP contribution in [0.25, 0.3) is 0 Å². The van der Waals surface area contributed by atoms with E-state index in [1.807, 2.05) is 6.92 Å². The van der Waals surface area contributed by atoms with Crippen molar-refractivity contribution in [1.29, 1.82) is 0 Å². The third-order valence-corrected chi connectivity index (χ3v) is 2.49. The van der Waals surface area contributed by atoms with Crippen molar-refractivity contribution >= 4 is 30.3 Å². The van der Waals surface area contributed by atoms with E-state index in [2.05, 4.69) is 19.4 Å². The number of nitrogens with one attached hydrogen (secondary N) is 1. The summed E-state index contributed by atoms with van der Waals surface area (Å²) in [7, 11) is 1.38. The van der Waals surface area contributed by atoms with Crippen LogP contribution in [-0.2, 0) is 39.9 Å². The van der Waals surface area contributed by atoms with Crippen LogP contribution in [-0.4, -0.2) is 54.0 Å². The molecule has 146 valence electrons. The van der Waals surface area contributed by atoms with Crippen LogP contribution in [0.1, 0.15) is 44.6 Å². The van der Waals surface area contributed by atoms with Crippen molar-refractivity contribution in [2.24, 2.45) is 0 Å². The van der Waals surface area contributed by atoms with Crippen LogP contribution >= 0.6 is 0 Å². The number of ketones is 1. The second-order valence-corrected chi connectivity index (χ2v) is 4.83. The average molecular weight is 370 g/mol. The van der Waals surface area contributed by atoms with E-state index >= 15 is 0 Å². The highest BCUT2D eigenvalue weighted by Crippen LogP contribution is 1.99. The second kappa shape index (κ2) is 17.0. The van der Waals surface area contributed by atoms with Gasteiger partial charge in [0.15, 0.2) is 12.1 Å². The van der Waals surface area contributed by atoms with Gasteiger partial charge in [0.05, 0.1) is 26.6 Å². The lowest BCUT2D eigenvalue weighted by Gasteiger charge is -1.96. The van der Waals surface area contributed by atoms with Gasteiger partial charge in [-0.2, -0.15) is 0 Å². The number of aromatic amines is 1. The van der Waals surface area contributed by atoms with E-state index in [0.717, 1.165) is 11.5 Å². The molecule has 1 rings (SSSR count). The van der Waals surface area contributed by atoms with Crippen molar-refractivity contribution in [2.75, 3.05) is 13.7 Å². The molecule has 0 spiro atoms. The molecule has 1 heterocycles. The number of aryl methyl sites for hydroxylation is 2. The van der Waals surface area contributed by atoms with Gasteiger partial charge in [0.2, 0.25) is 0 Å². The molecular formula is C17H26N2O7. The minimum Gasteiger partial charge on any atom is -0.469 e. The maximum Gasteiger partial charge on any atom is 0.306 e. The fourth-order valence-electron chi connectivity index (χ4n) is 1.33. The lowest BCUT2D eigenvalue weighted by Crippen LogP contribution is -2.03. The van der Waals surface area contributed by atoms with Gasteiger partial charge in [0.25, 0.3) is 0 Å². The summed E-state index contributed by atoms with van der Waals surface area (Å²) in [6, 6.07) is 0. The highest BCUT2D eigenvalue weighted by Gasteiger charge is 2.02. The molecule has 0 amide bonds. The highest BCUT2D eigenvalue weighted by atomic mass is 16.5. The van der Waals surface area contributed by atoms with Crippen LogP contribution in [0, 0.1) is 6.92 Å². The Morgan fingerprint density at radius 2 is 1.81 bits per heavy atom. The predicted molar refractivity (Wildman–Crippen MR) is 92.3 cm³/mol. The van der Waals surface area contributed by atoms with Crippen molar-refractivity contribution in [1.82, 2.24) is 9.97 Å². The van der Waals surface area contributed by atoms with Gasteiger partial charge in [-0.15, -0.1) is 0 Å². The van der Waals surface area contributed by atoms with Crippen molar-refractivity contribution in [3.8, 4) is 0 Å². The van der Waals surface area contributed by atoms with Gasteiger partial charge in [-0.25, -0.2) is 4.98 Å². The van der Waals surface area contributed by atoms with E-state index in [1.54, 1.807) is 13.1 Å². The minimum absolute atomic E-state index is 0.205. The first kappa shape index (κ1) is 25.4. The molecule has 0 aliphatic rings. The molecule has 26 heavy (non-hydrogen) atoms. The molecule has 9 nitrogen and oxygen atoms in total. The summed E-state index contributed by atoms with van der Waals surface area (Å²) < 4.78 is 9.04. The van der Waals surface area contributed by atoms with E-state index in [9.17, 15) is 19.2 Å². The molecule has 9 heteroatoms. The fourth-order valence-corrected chi connectivity index (χ4v) is 1.33. The van der Waals surface area contributed by atoms with Crippen molar-refractivity contribution in [3.05, 3.63) is 17.7 Å². The number of aromatic nitrogens is 2. The number of nitrogens with zero attached hydrogens (tertiary/aromatic N) is 1. The van der Waals surface area contributed by atoms with Gasteiger partial charge in [-0.3, -0.25) is 19.2 Å². The van der Waals surface area contributed by atoms with E-state index in [4.69, 9.17) is 4.79 Å². The number of ether oxygens (including phenoxy) is 2. The van der Waals surface area contributed by atoms with Gasteiger partial charge in [-0.1, -0.05) is 0 Å². The standard InChI is InChI=1S/C8H12N2O2.C6H10O3.C3H4O2/c1-6-5-9-7(10-6)3-4-8(11)12-2;1-2-9-6(8)4-3-5-7;1-3(5)2-4/h5H,3-4H2,1-2H3,(H,9,10);5H,2-4H2,1H3;2H,1H3. The molecule has 1 aromatic rings. The third-order valence-electron chi connectivity index (χ3n) is 2.49. The Kier molecular flexibility index (Phi) is 16.6. The van der Waals surface area contributed by atoms with Crippen LogP contribution in [0.4, 0.5) is 0 Å². The molecule has 0 aliphatic carbocycles. The molecule has 0 unspecified atom stereocenters. The molecule has 1 N–H and O–H groups in total. The molecule has 0 radical (unpaired) electrons. The number of rotatable bonds is 8.